The minimum absolute atomic E-state index is 0.580. The van der Waals surface area contributed by atoms with Crippen molar-refractivity contribution in [2.24, 2.45) is 0 Å². The summed E-state index contributed by atoms with van der Waals surface area (Å²) < 4.78 is 11.0. The Labute approximate surface area is 83.6 Å². The highest BCUT2D eigenvalue weighted by atomic mass is 32.5. The Kier molecular flexibility index (Phi) is 4.13. The molecule has 0 aromatic carbocycles. The van der Waals surface area contributed by atoms with Crippen LogP contribution in [0, 0.1) is 0 Å². The smallest absolute Gasteiger partial charge is 0.235 e. The number of nitrogens with one attached hydrogen (secondary N) is 1. The zero-order valence-electron chi connectivity index (χ0n) is 7.82. The Morgan fingerprint density at radius 1 is 1.38 bits per heavy atom. The second-order valence-corrected chi connectivity index (χ2v) is 5.82. The van der Waals surface area contributed by atoms with Crippen molar-refractivity contribution in [3.63, 3.8) is 0 Å². The Balaban J connectivity index is 2.85. The van der Waals surface area contributed by atoms with E-state index in [-0.39, 0.29) is 0 Å². The van der Waals surface area contributed by atoms with E-state index < -0.39 is 6.49 Å². The SMILES string of the molecule is CCOP(=S)(OCC)c1ccc[nH]1. The topological polar surface area (TPSA) is 34.2 Å². The highest BCUT2D eigenvalue weighted by Gasteiger charge is 2.21. The third kappa shape index (κ3) is 2.64. The molecular weight excluding hydrogens is 205 g/mol. The molecule has 1 aromatic heterocycles. The molecule has 0 unspecified atom stereocenters. The molecule has 0 bridgehead atoms. The quantitative estimate of drug-likeness (QED) is 0.769. The first-order chi connectivity index (χ1) is 6.23. The number of hydrogen-bond donors (Lipinski definition) is 1. The summed E-state index contributed by atoms with van der Waals surface area (Å²) in [7, 11) is 0. The van der Waals surface area contributed by atoms with Crippen molar-refractivity contribution in [2.45, 2.75) is 13.8 Å². The Hall–Kier alpha value is -0.150. The van der Waals surface area contributed by atoms with Crippen molar-refractivity contribution in [1.82, 2.24) is 4.98 Å². The van der Waals surface area contributed by atoms with E-state index in [1.165, 1.54) is 0 Å². The van der Waals surface area contributed by atoms with Crippen molar-refractivity contribution < 1.29 is 9.05 Å². The Bertz CT molecular complexity index is 276. The molecule has 0 radical (unpaired) electrons. The molecule has 3 nitrogen and oxygen atoms in total. The van der Waals surface area contributed by atoms with Crippen molar-refractivity contribution in [1.29, 1.82) is 0 Å². The van der Waals surface area contributed by atoms with Crippen LogP contribution < -0.4 is 5.44 Å². The third-order valence-electron chi connectivity index (χ3n) is 1.47. The molecular formula is C8H14NO2PS. The molecule has 5 heteroatoms. The van der Waals surface area contributed by atoms with E-state index in [4.69, 9.17) is 20.9 Å². The van der Waals surface area contributed by atoms with Gasteiger partial charge in [-0.25, -0.2) is 0 Å². The summed E-state index contributed by atoms with van der Waals surface area (Å²) in [5.74, 6) is 0. The molecule has 0 amide bonds. The van der Waals surface area contributed by atoms with Gasteiger partial charge in [-0.2, -0.15) is 0 Å². The van der Waals surface area contributed by atoms with Gasteiger partial charge in [0.25, 0.3) is 0 Å². The van der Waals surface area contributed by atoms with E-state index in [1.54, 1.807) is 0 Å². The van der Waals surface area contributed by atoms with Gasteiger partial charge in [-0.1, -0.05) is 0 Å². The van der Waals surface area contributed by atoms with Crippen LogP contribution in [-0.4, -0.2) is 18.2 Å². The van der Waals surface area contributed by atoms with E-state index in [1.807, 2.05) is 32.2 Å². The van der Waals surface area contributed by atoms with Crippen LogP contribution in [0.25, 0.3) is 0 Å². The monoisotopic (exact) mass is 219 g/mol. The zero-order valence-corrected chi connectivity index (χ0v) is 9.53. The lowest BCUT2D eigenvalue weighted by atomic mass is 10.7. The summed E-state index contributed by atoms with van der Waals surface area (Å²) >= 11 is 5.36. The molecule has 0 aliphatic heterocycles. The van der Waals surface area contributed by atoms with Crippen molar-refractivity contribution in [3.05, 3.63) is 18.3 Å². The normalized spacial score (nSPS) is 11.8. The van der Waals surface area contributed by atoms with Gasteiger partial charge in [-0.05, 0) is 37.8 Å². The molecule has 1 heterocycles. The van der Waals surface area contributed by atoms with Gasteiger partial charge in [0.15, 0.2) is 0 Å². The van der Waals surface area contributed by atoms with Gasteiger partial charge in [0.1, 0.15) is 5.44 Å². The molecule has 1 aromatic rings. The average molecular weight is 219 g/mol. The summed E-state index contributed by atoms with van der Waals surface area (Å²) in [6.45, 7) is 2.75. The summed E-state index contributed by atoms with van der Waals surface area (Å²) in [6.07, 6.45) is 1.83. The van der Waals surface area contributed by atoms with E-state index in [0.29, 0.717) is 13.2 Å². The zero-order chi connectivity index (χ0) is 9.73. The Morgan fingerprint density at radius 3 is 2.38 bits per heavy atom. The maximum atomic E-state index is 5.49. The van der Waals surface area contributed by atoms with E-state index in [2.05, 4.69) is 4.98 Å². The van der Waals surface area contributed by atoms with Crippen LogP contribution in [0.1, 0.15) is 13.8 Å². The first kappa shape index (κ1) is 10.9. The number of H-pyrrole nitrogens is 1. The molecule has 0 atom stereocenters. The van der Waals surface area contributed by atoms with E-state index in [9.17, 15) is 0 Å². The van der Waals surface area contributed by atoms with Gasteiger partial charge >= 0.3 is 0 Å². The molecule has 0 aliphatic rings. The number of aromatic amines is 1. The summed E-state index contributed by atoms with van der Waals surface area (Å²) in [4.78, 5) is 3.04. The molecule has 0 spiro atoms. The molecule has 0 fully saturated rings. The molecule has 1 N–H and O–H groups in total. The van der Waals surface area contributed by atoms with Crippen LogP contribution in [0.15, 0.2) is 18.3 Å². The van der Waals surface area contributed by atoms with Gasteiger partial charge in [-0.15, -0.1) is 0 Å². The molecule has 74 valence electrons. The molecule has 13 heavy (non-hydrogen) atoms. The first-order valence-electron chi connectivity index (χ1n) is 4.26. The second-order valence-electron chi connectivity index (χ2n) is 2.39. The van der Waals surface area contributed by atoms with E-state index >= 15 is 0 Å². The number of rotatable bonds is 5. The van der Waals surface area contributed by atoms with Gasteiger partial charge in [0.05, 0.1) is 13.2 Å². The highest BCUT2D eigenvalue weighted by Crippen LogP contribution is 2.46. The number of aromatic nitrogens is 1. The van der Waals surface area contributed by atoms with Crippen molar-refractivity contribution in [2.75, 3.05) is 13.2 Å². The lowest BCUT2D eigenvalue weighted by Crippen LogP contribution is -2.10. The third-order valence-corrected chi connectivity index (χ3v) is 4.76. The minimum atomic E-state index is -2.25. The second kappa shape index (κ2) is 4.91. The lowest BCUT2D eigenvalue weighted by Gasteiger charge is -2.19. The predicted molar refractivity (Wildman–Crippen MR) is 58.0 cm³/mol. The fourth-order valence-corrected chi connectivity index (χ4v) is 3.51. The summed E-state index contributed by atoms with van der Waals surface area (Å²) in [6, 6.07) is 3.81. The largest absolute Gasteiger partial charge is 0.357 e. The molecule has 0 saturated heterocycles. The van der Waals surface area contributed by atoms with Crippen molar-refractivity contribution in [3.8, 4) is 0 Å². The molecule has 0 saturated carbocycles. The van der Waals surface area contributed by atoms with Crippen LogP contribution in [0.2, 0.25) is 0 Å². The predicted octanol–water partition coefficient (Wildman–Crippen LogP) is 2.02. The fraction of sp³-hybridized carbons (Fsp3) is 0.500. The van der Waals surface area contributed by atoms with Gasteiger partial charge in [-0.3, -0.25) is 0 Å². The van der Waals surface area contributed by atoms with Crippen LogP contribution >= 0.6 is 6.49 Å². The minimum Gasteiger partial charge on any atom is -0.357 e. The highest BCUT2D eigenvalue weighted by molar-refractivity contribution is 8.13. The first-order valence-corrected chi connectivity index (χ1v) is 6.90. The molecule has 0 aliphatic carbocycles. The van der Waals surface area contributed by atoms with Crippen LogP contribution in [0.4, 0.5) is 0 Å². The van der Waals surface area contributed by atoms with Gasteiger partial charge in [0, 0.05) is 6.20 Å². The lowest BCUT2D eigenvalue weighted by molar-refractivity contribution is 0.274. The van der Waals surface area contributed by atoms with Crippen LogP contribution in [-0.2, 0) is 20.9 Å². The maximum Gasteiger partial charge on any atom is 0.235 e. The summed E-state index contributed by atoms with van der Waals surface area (Å²) in [5, 5.41) is 0. The Morgan fingerprint density at radius 2 is 2.00 bits per heavy atom. The van der Waals surface area contributed by atoms with Gasteiger partial charge in [0.2, 0.25) is 6.49 Å². The van der Waals surface area contributed by atoms with Crippen LogP contribution in [0.3, 0.4) is 0 Å². The average Bonchev–Trinajstić information content (AvgIpc) is 2.57. The maximum absolute atomic E-state index is 5.49. The fourth-order valence-electron chi connectivity index (χ4n) is 1.01. The molecule has 1 rings (SSSR count). The standard InChI is InChI=1S/C8H14NO2PS/c1-3-10-12(13,11-4-2)8-6-5-7-9-8/h5-7,9H,3-4H2,1-2H3. The van der Waals surface area contributed by atoms with Crippen LogP contribution in [0.5, 0.6) is 0 Å². The van der Waals surface area contributed by atoms with Crippen molar-refractivity contribution >= 4 is 23.7 Å². The van der Waals surface area contributed by atoms with Gasteiger partial charge < -0.3 is 14.0 Å². The number of hydrogen-bond acceptors (Lipinski definition) is 3. The summed E-state index contributed by atoms with van der Waals surface area (Å²) in [5.41, 5.74) is 0.881. The van der Waals surface area contributed by atoms with E-state index in [0.717, 1.165) is 5.44 Å².